The van der Waals surface area contributed by atoms with Gasteiger partial charge in [0.1, 0.15) is 12.1 Å². The van der Waals surface area contributed by atoms with Gasteiger partial charge in [-0.25, -0.2) is 9.97 Å². The minimum absolute atomic E-state index is 0.606. The molecule has 0 unspecified atom stereocenters. The molecule has 0 atom stereocenters. The van der Waals surface area contributed by atoms with Crippen molar-refractivity contribution in [2.45, 2.75) is 18.8 Å². The maximum atomic E-state index is 4.52. The van der Waals surface area contributed by atoms with E-state index in [1.807, 2.05) is 17.9 Å². The highest BCUT2D eigenvalue weighted by Crippen LogP contribution is 2.33. The molecule has 0 radical (unpaired) electrons. The van der Waals surface area contributed by atoms with E-state index in [0.717, 1.165) is 37.3 Å². The number of piperidine rings is 1. The van der Waals surface area contributed by atoms with E-state index in [9.17, 15) is 0 Å². The van der Waals surface area contributed by atoms with E-state index >= 15 is 0 Å². The summed E-state index contributed by atoms with van der Waals surface area (Å²) < 4.78 is 3.21. The molecule has 1 fully saturated rings. The number of hydrogen-bond donors (Lipinski definition) is 0. The molecule has 0 spiro atoms. The number of rotatable bonds is 2. The fraction of sp³-hybridized carbons (Fsp3) is 0.400. The first-order chi connectivity index (χ1) is 10.3. The van der Waals surface area contributed by atoms with Crippen molar-refractivity contribution in [2.24, 2.45) is 7.05 Å². The number of aryl methyl sites for hydroxylation is 1. The SMILES string of the molecule is Cn1nccc1C1CCN(c2ncnc3ccsc23)CC1. The first kappa shape index (κ1) is 12.8. The topological polar surface area (TPSA) is 46.8 Å². The van der Waals surface area contributed by atoms with Crippen LogP contribution in [0.25, 0.3) is 10.2 Å². The van der Waals surface area contributed by atoms with Gasteiger partial charge < -0.3 is 4.90 Å². The van der Waals surface area contributed by atoms with E-state index in [-0.39, 0.29) is 0 Å². The third-order valence-electron chi connectivity index (χ3n) is 4.30. The Morgan fingerprint density at radius 1 is 1.19 bits per heavy atom. The zero-order valence-electron chi connectivity index (χ0n) is 11.9. The van der Waals surface area contributed by atoms with E-state index in [1.54, 1.807) is 17.7 Å². The number of aromatic nitrogens is 4. The van der Waals surface area contributed by atoms with Crippen LogP contribution in [0.3, 0.4) is 0 Å². The molecular formula is C15H17N5S. The molecule has 0 amide bonds. The van der Waals surface area contributed by atoms with Crippen LogP contribution in [0.5, 0.6) is 0 Å². The van der Waals surface area contributed by atoms with Gasteiger partial charge in [-0.1, -0.05) is 0 Å². The lowest BCUT2D eigenvalue weighted by Crippen LogP contribution is -2.34. The second kappa shape index (κ2) is 5.11. The largest absolute Gasteiger partial charge is 0.355 e. The van der Waals surface area contributed by atoms with Gasteiger partial charge in [0.15, 0.2) is 0 Å². The zero-order valence-corrected chi connectivity index (χ0v) is 12.8. The molecule has 0 aromatic carbocycles. The van der Waals surface area contributed by atoms with E-state index < -0.39 is 0 Å². The van der Waals surface area contributed by atoms with Gasteiger partial charge in [0.25, 0.3) is 0 Å². The average molecular weight is 299 g/mol. The van der Waals surface area contributed by atoms with E-state index in [0.29, 0.717) is 5.92 Å². The summed E-state index contributed by atoms with van der Waals surface area (Å²) in [6.07, 6.45) is 5.87. The third-order valence-corrected chi connectivity index (χ3v) is 5.20. The maximum Gasteiger partial charge on any atom is 0.150 e. The predicted molar refractivity (Wildman–Crippen MR) is 84.8 cm³/mol. The molecule has 1 aliphatic heterocycles. The standard InChI is InChI=1S/C15H17N5S/c1-19-13(2-6-18-19)11-3-7-20(8-4-11)15-14-12(5-9-21-14)16-10-17-15/h2,5-6,9-11H,3-4,7-8H2,1H3. The molecular weight excluding hydrogens is 282 g/mol. The second-order valence-electron chi connectivity index (χ2n) is 5.47. The number of anilines is 1. The molecule has 0 bridgehead atoms. The Kier molecular flexibility index (Phi) is 3.11. The third kappa shape index (κ3) is 2.19. The smallest absolute Gasteiger partial charge is 0.150 e. The molecule has 1 saturated heterocycles. The summed E-state index contributed by atoms with van der Waals surface area (Å²) >= 11 is 1.73. The monoisotopic (exact) mass is 299 g/mol. The quantitative estimate of drug-likeness (QED) is 0.730. The molecule has 4 rings (SSSR count). The van der Waals surface area contributed by atoms with Gasteiger partial charge in [-0.05, 0) is 30.4 Å². The fourth-order valence-electron chi connectivity index (χ4n) is 3.17. The molecule has 4 heterocycles. The lowest BCUT2D eigenvalue weighted by atomic mass is 9.93. The molecule has 21 heavy (non-hydrogen) atoms. The number of fused-ring (bicyclic) bond motifs is 1. The Morgan fingerprint density at radius 3 is 2.81 bits per heavy atom. The Hall–Kier alpha value is -1.95. The Morgan fingerprint density at radius 2 is 2.05 bits per heavy atom. The van der Waals surface area contributed by atoms with Crippen molar-refractivity contribution >= 4 is 27.4 Å². The van der Waals surface area contributed by atoms with Crippen LogP contribution in [-0.4, -0.2) is 32.8 Å². The lowest BCUT2D eigenvalue weighted by Gasteiger charge is -2.32. The minimum Gasteiger partial charge on any atom is -0.355 e. The highest BCUT2D eigenvalue weighted by atomic mass is 32.1. The summed E-state index contributed by atoms with van der Waals surface area (Å²) in [7, 11) is 2.03. The average Bonchev–Trinajstić information content (AvgIpc) is 3.15. The van der Waals surface area contributed by atoms with E-state index in [4.69, 9.17) is 0 Å². The van der Waals surface area contributed by atoms with Crippen LogP contribution in [0.15, 0.2) is 30.0 Å². The summed E-state index contributed by atoms with van der Waals surface area (Å²) in [6, 6.07) is 4.20. The molecule has 108 valence electrons. The highest BCUT2D eigenvalue weighted by molar-refractivity contribution is 7.17. The summed E-state index contributed by atoms with van der Waals surface area (Å²) in [5.41, 5.74) is 2.40. The number of nitrogens with zero attached hydrogens (tertiary/aromatic N) is 5. The molecule has 5 nitrogen and oxygen atoms in total. The summed E-state index contributed by atoms with van der Waals surface area (Å²) in [4.78, 5) is 11.2. The van der Waals surface area contributed by atoms with Crippen molar-refractivity contribution < 1.29 is 0 Å². The lowest BCUT2D eigenvalue weighted by molar-refractivity contribution is 0.476. The van der Waals surface area contributed by atoms with Crippen molar-refractivity contribution in [1.29, 1.82) is 0 Å². The maximum absolute atomic E-state index is 4.52. The molecule has 0 N–H and O–H groups in total. The first-order valence-electron chi connectivity index (χ1n) is 7.24. The summed E-state index contributed by atoms with van der Waals surface area (Å²) in [5, 5.41) is 6.38. The van der Waals surface area contributed by atoms with Gasteiger partial charge >= 0.3 is 0 Å². The normalized spacial score (nSPS) is 16.7. The van der Waals surface area contributed by atoms with Crippen molar-refractivity contribution in [3.05, 3.63) is 35.7 Å². The van der Waals surface area contributed by atoms with Crippen molar-refractivity contribution in [2.75, 3.05) is 18.0 Å². The fourth-order valence-corrected chi connectivity index (χ4v) is 4.03. The van der Waals surface area contributed by atoms with Gasteiger partial charge in [0.2, 0.25) is 0 Å². The van der Waals surface area contributed by atoms with Crippen molar-refractivity contribution in [3.63, 3.8) is 0 Å². The molecule has 3 aromatic rings. The second-order valence-corrected chi connectivity index (χ2v) is 6.39. The Labute approximate surface area is 127 Å². The minimum atomic E-state index is 0.606. The van der Waals surface area contributed by atoms with Crippen LogP contribution in [0, 0.1) is 0 Å². The first-order valence-corrected chi connectivity index (χ1v) is 8.12. The summed E-state index contributed by atoms with van der Waals surface area (Å²) in [6.45, 7) is 2.08. The van der Waals surface area contributed by atoms with Gasteiger partial charge in [-0.15, -0.1) is 11.3 Å². The van der Waals surface area contributed by atoms with Gasteiger partial charge in [0, 0.05) is 37.9 Å². The van der Waals surface area contributed by atoms with Crippen LogP contribution < -0.4 is 4.90 Å². The predicted octanol–water partition coefficient (Wildman–Crippen LogP) is 2.81. The van der Waals surface area contributed by atoms with Gasteiger partial charge in [-0.2, -0.15) is 5.10 Å². The molecule has 6 heteroatoms. The van der Waals surface area contributed by atoms with Crippen LogP contribution >= 0.6 is 11.3 Å². The van der Waals surface area contributed by atoms with Crippen LogP contribution in [0.1, 0.15) is 24.5 Å². The van der Waals surface area contributed by atoms with Crippen molar-refractivity contribution in [3.8, 4) is 0 Å². The molecule has 1 aliphatic rings. The van der Waals surface area contributed by atoms with Crippen LogP contribution in [-0.2, 0) is 7.05 Å². The molecule has 0 saturated carbocycles. The van der Waals surface area contributed by atoms with E-state index in [1.165, 1.54) is 10.4 Å². The van der Waals surface area contributed by atoms with Gasteiger partial charge in [-0.3, -0.25) is 4.68 Å². The Balaban J connectivity index is 1.55. The Bertz CT molecular complexity index is 754. The van der Waals surface area contributed by atoms with Crippen LogP contribution in [0.4, 0.5) is 5.82 Å². The van der Waals surface area contributed by atoms with Gasteiger partial charge in [0.05, 0.1) is 10.2 Å². The van der Waals surface area contributed by atoms with Crippen molar-refractivity contribution in [1.82, 2.24) is 19.7 Å². The summed E-state index contributed by atoms with van der Waals surface area (Å²) in [5.74, 6) is 1.70. The zero-order chi connectivity index (χ0) is 14.2. The van der Waals surface area contributed by atoms with Crippen LogP contribution in [0.2, 0.25) is 0 Å². The number of thiophene rings is 1. The molecule has 0 aliphatic carbocycles. The van der Waals surface area contributed by atoms with E-state index in [2.05, 4.69) is 37.5 Å². The number of hydrogen-bond acceptors (Lipinski definition) is 5. The molecule has 3 aromatic heterocycles. The highest BCUT2D eigenvalue weighted by Gasteiger charge is 2.24.